The largest absolute Gasteiger partial charge is 0.284 e. The quantitative estimate of drug-likeness (QED) is 0.542. The molecule has 0 unspecified atom stereocenters. The van der Waals surface area contributed by atoms with Crippen molar-refractivity contribution in [1.29, 1.82) is 0 Å². The van der Waals surface area contributed by atoms with Crippen molar-refractivity contribution in [2.24, 2.45) is 0 Å². The lowest BCUT2D eigenvalue weighted by molar-refractivity contribution is 0.938. The third-order valence-corrected chi connectivity index (χ3v) is 4.27. The number of H-pyrrole nitrogens is 1. The molecule has 0 radical (unpaired) electrons. The molecule has 1 aromatic carbocycles. The fourth-order valence-electron chi connectivity index (χ4n) is 3.08. The van der Waals surface area contributed by atoms with E-state index in [0.29, 0.717) is 5.95 Å². The van der Waals surface area contributed by atoms with Gasteiger partial charge in [0.1, 0.15) is 0 Å². The maximum absolute atomic E-state index is 4.85. The topological polar surface area (TPSA) is 72.3 Å². The number of fused-ring (bicyclic) bond motifs is 1. The second kappa shape index (κ2) is 5.93. The predicted molar refractivity (Wildman–Crippen MR) is 99.7 cm³/mol. The molecule has 0 bridgehead atoms. The van der Waals surface area contributed by atoms with Gasteiger partial charge in [-0.05, 0) is 29.8 Å². The summed E-state index contributed by atoms with van der Waals surface area (Å²) in [6, 6.07) is 18.1. The highest BCUT2D eigenvalue weighted by Gasteiger charge is 2.16. The van der Waals surface area contributed by atoms with Crippen LogP contribution in [0.2, 0.25) is 0 Å². The van der Waals surface area contributed by atoms with E-state index in [1.165, 1.54) is 0 Å². The second-order valence-corrected chi connectivity index (χ2v) is 5.87. The summed E-state index contributed by atoms with van der Waals surface area (Å²) in [4.78, 5) is 13.6. The third-order valence-electron chi connectivity index (χ3n) is 4.27. The fourth-order valence-corrected chi connectivity index (χ4v) is 3.08. The smallest absolute Gasteiger partial charge is 0.234 e. The number of hydrogen-bond acceptors (Lipinski definition) is 4. The summed E-state index contributed by atoms with van der Waals surface area (Å²) in [7, 11) is 0. The van der Waals surface area contributed by atoms with Crippen LogP contribution in [0.3, 0.4) is 0 Å². The molecule has 0 fully saturated rings. The van der Waals surface area contributed by atoms with E-state index in [9.17, 15) is 0 Å². The molecule has 0 aliphatic heterocycles. The van der Waals surface area contributed by atoms with Gasteiger partial charge in [0.2, 0.25) is 5.95 Å². The highest BCUT2D eigenvalue weighted by Crippen LogP contribution is 2.33. The zero-order valence-corrected chi connectivity index (χ0v) is 13.7. The predicted octanol–water partition coefficient (Wildman–Crippen LogP) is 3.87. The van der Waals surface area contributed by atoms with Crippen LogP contribution in [0.15, 0.2) is 79.4 Å². The average Bonchev–Trinajstić information content (AvgIpc) is 3.37. The summed E-state index contributed by atoms with van der Waals surface area (Å²) in [6.45, 7) is 0. The van der Waals surface area contributed by atoms with Crippen LogP contribution in [-0.4, -0.2) is 29.7 Å². The van der Waals surface area contributed by atoms with E-state index in [2.05, 4.69) is 38.4 Å². The zero-order valence-electron chi connectivity index (χ0n) is 13.7. The first-order chi connectivity index (χ1) is 12.9. The van der Waals surface area contributed by atoms with Gasteiger partial charge in [-0.1, -0.05) is 30.3 Å². The van der Waals surface area contributed by atoms with Crippen LogP contribution in [0.4, 0.5) is 0 Å². The fraction of sp³-hybridized carbons (Fsp3) is 0. The molecule has 6 heteroatoms. The normalized spacial score (nSPS) is 11.1. The molecule has 0 spiro atoms. The number of aromatic amines is 1. The van der Waals surface area contributed by atoms with Crippen molar-refractivity contribution >= 4 is 11.0 Å². The Morgan fingerprint density at radius 2 is 1.73 bits per heavy atom. The van der Waals surface area contributed by atoms with Gasteiger partial charge < -0.3 is 0 Å². The molecule has 6 nitrogen and oxygen atoms in total. The van der Waals surface area contributed by atoms with E-state index in [4.69, 9.17) is 4.98 Å². The van der Waals surface area contributed by atoms with Crippen molar-refractivity contribution in [3.05, 3.63) is 79.4 Å². The molecule has 0 amide bonds. The van der Waals surface area contributed by atoms with Gasteiger partial charge in [0.05, 0.1) is 17.6 Å². The Bertz CT molecular complexity index is 1170. The Labute approximate surface area is 149 Å². The highest BCUT2D eigenvalue weighted by molar-refractivity contribution is 5.89. The molecule has 4 aromatic heterocycles. The summed E-state index contributed by atoms with van der Waals surface area (Å²) >= 11 is 0. The first-order valence-corrected chi connectivity index (χ1v) is 8.25. The molecule has 0 aliphatic rings. The van der Waals surface area contributed by atoms with Gasteiger partial charge in [-0.25, -0.2) is 15.0 Å². The highest BCUT2D eigenvalue weighted by atomic mass is 15.2. The summed E-state index contributed by atoms with van der Waals surface area (Å²) in [6.07, 6.45) is 7.20. The molecule has 124 valence electrons. The van der Waals surface area contributed by atoms with Gasteiger partial charge in [0.15, 0.2) is 5.65 Å². The average molecular weight is 338 g/mol. The van der Waals surface area contributed by atoms with Crippen LogP contribution < -0.4 is 0 Å². The minimum atomic E-state index is 0.609. The molecular weight excluding hydrogens is 324 g/mol. The Morgan fingerprint density at radius 1 is 0.885 bits per heavy atom. The number of nitrogens with one attached hydrogen (secondary N) is 1. The standard InChI is InChI=1S/C20H14N6/c1-2-6-14(7-3-1)16-12-15-13-23-25-19(15)24-18(16)17-8-4-11-26(17)20-21-9-5-10-22-20/h1-13H,(H,23,24,25). The van der Waals surface area contributed by atoms with Crippen LogP contribution in [0.25, 0.3) is 39.5 Å². The van der Waals surface area contributed by atoms with Crippen molar-refractivity contribution in [3.63, 3.8) is 0 Å². The Morgan fingerprint density at radius 3 is 2.58 bits per heavy atom. The lowest BCUT2D eigenvalue weighted by atomic mass is 10.0. The lowest BCUT2D eigenvalue weighted by Crippen LogP contribution is -2.02. The van der Waals surface area contributed by atoms with Gasteiger partial charge in [-0.15, -0.1) is 0 Å². The van der Waals surface area contributed by atoms with Crippen LogP contribution in [0.5, 0.6) is 0 Å². The molecule has 1 N–H and O–H groups in total. The first-order valence-electron chi connectivity index (χ1n) is 8.25. The van der Waals surface area contributed by atoms with Gasteiger partial charge >= 0.3 is 0 Å². The van der Waals surface area contributed by atoms with Crippen molar-refractivity contribution in [3.8, 4) is 28.5 Å². The molecule has 5 aromatic rings. The van der Waals surface area contributed by atoms with Gasteiger partial charge in [0.25, 0.3) is 0 Å². The summed E-state index contributed by atoms with van der Waals surface area (Å²) < 4.78 is 1.94. The number of rotatable bonds is 3. The number of nitrogens with zero attached hydrogens (tertiary/aromatic N) is 5. The molecule has 5 rings (SSSR count). The maximum atomic E-state index is 4.85. The van der Waals surface area contributed by atoms with E-state index in [-0.39, 0.29) is 0 Å². The van der Waals surface area contributed by atoms with Gasteiger partial charge in [-0.2, -0.15) is 5.10 Å². The van der Waals surface area contributed by atoms with Crippen LogP contribution in [-0.2, 0) is 0 Å². The van der Waals surface area contributed by atoms with E-state index < -0.39 is 0 Å². The summed E-state index contributed by atoms with van der Waals surface area (Å²) in [5.74, 6) is 0.609. The monoisotopic (exact) mass is 338 g/mol. The maximum Gasteiger partial charge on any atom is 0.234 e. The van der Waals surface area contributed by atoms with Crippen LogP contribution in [0.1, 0.15) is 0 Å². The van der Waals surface area contributed by atoms with Crippen molar-refractivity contribution in [2.75, 3.05) is 0 Å². The summed E-state index contributed by atoms with van der Waals surface area (Å²) in [5, 5.41) is 8.05. The molecule has 0 atom stereocenters. The summed E-state index contributed by atoms with van der Waals surface area (Å²) in [5.41, 5.74) is 4.66. The minimum absolute atomic E-state index is 0.609. The van der Waals surface area contributed by atoms with Crippen molar-refractivity contribution in [1.82, 2.24) is 29.7 Å². The molecular formula is C20H14N6. The Kier molecular flexibility index (Phi) is 3.31. The lowest BCUT2D eigenvalue weighted by Gasteiger charge is -2.12. The number of hydrogen-bond donors (Lipinski definition) is 1. The Hall–Kier alpha value is -3.80. The van der Waals surface area contributed by atoms with Gasteiger partial charge in [0, 0.05) is 29.5 Å². The SMILES string of the molecule is c1ccc(-c2cc3cn[nH]c3nc2-c2cccn2-c2ncccn2)cc1. The molecule has 0 saturated carbocycles. The van der Waals surface area contributed by atoms with Crippen molar-refractivity contribution in [2.45, 2.75) is 0 Å². The zero-order chi connectivity index (χ0) is 17.3. The number of aromatic nitrogens is 6. The second-order valence-electron chi connectivity index (χ2n) is 5.87. The van der Waals surface area contributed by atoms with E-state index in [0.717, 1.165) is 33.5 Å². The number of pyridine rings is 1. The Balaban J connectivity index is 1.79. The molecule has 0 saturated heterocycles. The third kappa shape index (κ3) is 2.36. The molecule has 4 heterocycles. The van der Waals surface area contributed by atoms with Gasteiger partial charge in [-0.3, -0.25) is 9.67 Å². The molecule has 0 aliphatic carbocycles. The van der Waals surface area contributed by atoms with E-state index in [1.807, 2.05) is 41.1 Å². The van der Waals surface area contributed by atoms with Crippen molar-refractivity contribution < 1.29 is 0 Å². The first kappa shape index (κ1) is 14.5. The number of benzene rings is 1. The minimum Gasteiger partial charge on any atom is -0.284 e. The molecule has 26 heavy (non-hydrogen) atoms. The van der Waals surface area contributed by atoms with E-state index in [1.54, 1.807) is 24.7 Å². The van der Waals surface area contributed by atoms with Crippen LogP contribution in [0, 0.1) is 0 Å². The van der Waals surface area contributed by atoms with E-state index >= 15 is 0 Å². The van der Waals surface area contributed by atoms with Crippen LogP contribution >= 0.6 is 0 Å².